The standard InChI is InChI=1S/C21H34O2/c1-13-11-14-12-15(22)5-8-19(14,2)16-6-9-20(3)17(18(13)16)7-10-21(20,4)23/h12-13,15-18,22-23H,5-11H2,1-4H3/t13-,15+,16+,17+,18-,19+,20+,21+/m1/s1. The molecule has 2 nitrogen and oxygen atoms in total. The highest BCUT2D eigenvalue weighted by Crippen LogP contribution is 2.68. The van der Waals surface area contributed by atoms with Crippen LogP contribution in [0.3, 0.4) is 0 Å². The molecule has 0 bridgehead atoms. The maximum absolute atomic E-state index is 11.0. The lowest BCUT2D eigenvalue weighted by atomic mass is 9.44. The Morgan fingerprint density at radius 1 is 1.00 bits per heavy atom. The molecule has 0 heterocycles. The molecule has 0 unspecified atom stereocenters. The van der Waals surface area contributed by atoms with E-state index < -0.39 is 5.60 Å². The van der Waals surface area contributed by atoms with Gasteiger partial charge >= 0.3 is 0 Å². The highest BCUT2D eigenvalue weighted by atomic mass is 16.3. The molecule has 0 aromatic carbocycles. The Hall–Kier alpha value is -0.340. The lowest BCUT2D eigenvalue weighted by Gasteiger charge is -2.61. The first kappa shape index (κ1) is 16.1. The molecule has 0 aromatic rings. The molecule has 4 aliphatic rings. The molecule has 0 aliphatic heterocycles. The SMILES string of the molecule is C[C@@H]1CC2=C[C@@H](O)CC[C@]2(C)[C@H]2CC[C@@]3(C)[C@@H](CC[C@]3(C)O)[C@H]12. The Morgan fingerprint density at radius 2 is 1.70 bits per heavy atom. The van der Waals surface area contributed by atoms with Crippen molar-refractivity contribution in [2.24, 2.45) is 34.5 Å². The second kappa shape index (κ2) is 4.85. The van der Waals surface area contributed by atoms with Crippen LogP contribution in [0.4, 0.5) is 0 Å². The summed E-state index contributed by atoms with van der Waals surface area (Å²) in [5.41, 5.74) is 1.46. The Kier molecular flexibility index (Phi) is 3.40. The van der Waals surface area contributed by atoms with Crippen LogP contribution in [0.5, 0.6) is 0 Å². The third-order valence-electron chi connectivity index (χ3n) is 9.00. The molecule has 4 rings (SSSR count). The predicted molar refractivity (Wildman–Crippen MR) is 92.9 cm³/mol. The first-order chi connectivity index (χ1) is 10.7. The summed E-state index contributed by atoms with van der Waals surface area (Å²) in [4.78, 5) is 0. The first-order valence-electron chi connectivity index (χ1n) is 9.81. The lowest BCUT2D eigenvalue weighted by molar-refractivity contribution is -0.130. The summed E-state index contributed by atoms with van der Waals surface area (Å²) in [6, 6.07) is 0. The molecule has 0 radical (unpaired) electrons. The highest BCUT2D eigenvalue weighted by molar-refractivity contribution is 5.27. The van der Waals surface area contributed by atoms with E-state index in [9.17, 15) is 10.2 Å². The van der Waals surface area contributed by atoms with Gasteiger partial charge in [0.05, 0.1) is 11.7 Å². The number of aliphatic hydroxyl groups excluding tert-OH is 1. The molecule has 0 aromatic heterocycles. The molecule has 0 spiro atoms. The van der Waals surface area contributed by atoms with E-state index in [4.69, 9.17) is 0 Å². The topological polar surface area (TPSA) is 40.5 Å². The van der Waals surface area contributed by atoms with Crippen LogP contribution in [0.25, 0.3) is 0 Å². The van der Waals surface area contributed by atoms with Gasteiger partial charge in [-0.25, -0.2) is 0 Å². The van der Waals surface area contributed by atoms with Crippen molar-refractivity contribution in [3.05, 3.63) is 11.6 Å². The third kappa shape index (κ3) is 2.00. The molecule has 3 fully saturated rings. The van der Waals surface area contributed by atoms with Gasteiger partial charge in [-0.2, -0.15) is 0 Å². The average Bonchev–Trinajstić information content (AvgIpc) is 2.72. The predicted octanol–water partition coefficient (Wildman–Crippen LogP) is 4.31. The Morgan fingerprint density at radius 3 is 2.43 bits per heavy atom. The number of fused-ring (bicyclic) bond motifs is 5. The Balaban J connectivity index is 1.73. The van der Waals surface area contributed by atoms with Crippen LogP contribution in [0.15, 0.2) is 11.6 Å². The molecule has 0 amide bonds. The largest absolute Gasteiger partial charge is 0.390 e. The first-order valence-corrected chi connectivity index (χ1v) is 9.81. The maximum atomic E-state index is 11.0. The van der Waals surface area contributed by atoms with Crippen LogP contribution >= 0.6 is 0 Å². The zero-order valence-corrected chi connectivity index (χ0v) is 15.3. The molecule has 4 aliphatic carbocycles. The summed E-state index contributed by atoms with van der Waals surface area (Å²) in [6.07, 6.45) is 9.80. The third-order valence-corrected chi connectivity index (χ3v) is 9.00. The van der Waals surface area contributed by atoms with Crippen LogP contribution in [0.2, 0.25) is 0 Å². The summed E-state index contributed by atoms with van der Waals surface area (Å²) in [6.45, 7) is 9.36. The van der Waals surface area contributed by atoms with Crippen molar-refractivity contribution in [2.75, 3.05) is 0 Å². The van der Waals surface area contributed by atoms with Gasteiger partial charge in [0.15, 0.2) is 0 Å². The molecule has 2 heteroatoms. The van der Waals surface area contributed by atoms with Gasteiger partial charge in [-0.05, 0) is 86.4 Å². The quantitative estimate of drug-likeness (QED) is 0.654. The summed E-state index contributed by atoms with van der Waals surface area (Å²) in [5.74, 6) is 2.86. The van der Waals surface area contributed by atoms with E-state index in [2.05, 4.69) is 33.8 Å². The summed E-state index contributed by atoms with van der Waals surface area (Å²) >= 11 is 0. The monoisotopic (exact) mass is 318 g/mol. The van der Waals surface area contributed by atoms with Crippen LogP contribution in [-0.4, -0.2) is 21.9 Å². The molecular formula is C21H34O2. The molecule has 0 saturated heterocycles. The maximum Gasteiger partial charge on any atom is 0.0724 e. The zero-order valence-electron chi connectivity index (χ0n) is 15.3. The van der Waals surface area contributed by atoms with E-state index in [0.29, 0.717) is 17.3 Å². The Bertz CT molecular complexity index is 536. The minimum atomic E-state index is -0.484. The normalized spacial score (nSPS) is 58.9. The van der Waals surface area contributed by atoms with Gasteiger partial charge in [0.1, 0.15) is 0 Å². The van der Waals surface area contributed by atoms with E-state index in [-0.39, 0.29) is 11.5 Å². The van der Waals surface area contributed by atoms with Crippen LogP contribution in [0, 0.1) is 34.5 Å². The molecule has 2 N–H and O–H groups in total. The number of aliphatic hydroxyl groups is 2. The molecule has 23 heavy (non-hydrogen) atoms. The minimum absolute atomic E-state index is 0.105. The van der Waals surface area contributed by atoms with Crippen molar-refractivity contribution in [3.8, 4) is 0 Å². The molecule has 8 atom stereocenters. The van der Waals surface area contributed by atoms with Gasteiger partial charge in [-0.15, -0.1) is 0 Å². The van der Waals surface area contributed by atoms with Gasteiger partial charge in [0.2, 0.25) is 0 Å². The van der Waals surface area contributed by atoms with E-state index in [1.807, 2.05) is 0 Å². The van der Waals surface area contributed by atoms with Crippen LogP contribution < -0.4 is 0 Å². The van der Waals surface area contributed by atoms with Crippen molar-refractivity contribution < 1.29 is 10.2 Å². The Labute approximate surface area is 141 Å². The van der Waals surface area contributed by atoms with E-state index in [1.54, 1.807) is 5.57 Å². The van der Waals surface area contributed by atoms with Crippen LogP contribution in [0.1, 0.15) is 72.6 Å². The fourth-order valence-corrected chi connectivity index (χ4v) is 7.30. The highest BCUT2D eigenvalue weighted by Gasteiger charge is 2.63. The second-order valence-corrected chi connectivity index (χ2v) is 9.96. The van der Waals surface area contributed by atoms with Gasteiger partial charge in [0, 0.05) is 0 Å². The number of hydrogen-bond donors (Lipinski definition) is 2. The van der Waals surface area contributed by atoms with Gasteiger partial charge in [0.25, 0.3) is 0 Å². The fraction of sp³-hybridized carbons (Fsp3) is 0.905. The zero-order chi connectivity index (χ0) is 16.6. The van der Waals surface area contributed by atoms with Gasteiger partial charge in [-0.1, -0.05) is 32.4 Å². The smallest absolute Gasteiger partial charge is 0.0724 e. The van der Waals surface area contributed by atoms with Crippen LogP contribution in [-0.2, 0) is 0 Å². The van der Waals surface area contributed by atoms with Gasteiger partial charge < -0.3 is 10.2 Å². The summed E-state index contributed by atoms with van der Waals surface area (Å²) < 4.78 is 0. The lowest BCUT2D eigenvalue weighted by Crippen LogP contribution is -2.56. The van der Waals surface area contributed by atoms with Gasteiger partial charge in [-0.3, -0.25) is 0 Å². The molecule has 130 valence electrons. The van der Waals surface area contributed by atoms with Crippen molar-refractivity contribution in [2.45, 2.75) is 84.3 Å². The summed E-state index contributed by atoms with van der Waals surface area (Å²) in [5, 5.41) is 21.1. The summed E-state index contributed by atoms with van der Waals surface area (Å²) in [7, 11) is 0. The average molecular weight is 319 g/mol. The van der Waals surface area contributed by atoms with Crippen molar-refractivity contribution >= 4 is 0 Å². The van der Waals surface area contributed by atoms with Crippen molar-refractivity contribution in [1.29, 1.82) is 0 Å². The number of allylic oxidation sites excluding steroid dienone is 1. The minimum Gasteiger partial charge on any atom is -0.390 e. The van der Waals surface area contributed by atoms with E-state index in [0.717, 1.165) is 37.5 Å². The second-order valence-electron chi connectivity index (χ2n) is 9.96. The number of hydrogen-bond acceptors (Lipinski definition) is 2. The van der Waals surface area contributed by atoms with Crippen molar-refractivity contribution in [1.82, 2.24) is 0 Å². The molecule has 3 saturated carbocycles. The van der Waals surface area contributed by atoms with E-state index in [1.165, 1.54) is 19.3 Å². The van der Waals surface area contributed by atoms with Crippen molar-refractivity contribution in [3.63, 3.8) is 0 Å². The van der Waals surface area contributed by atoms with E-state index >= 15 is 0 Å². The fourth-order valence-electron chi connectivity index (χ4n) is 7.30. The molecular weight excluding hydrogens is 284 g/mol. The number of rotatable bonds is 0.